The molecule has 9 N–H and O–H groups in total. The van der Waals surface area contributed by atoms with E-state index in [1.54, 1.807) is 13.8 Å². The Bertz CT molecular complexity index is 1880. The van der Waals surface area contributed by atoms with Gasteiger partial charge in [-0.25, -0.2) is 9.59 Å². The van der Waals surface area contributed by atoms with Gasteiger partial charge in [0, 0.05) is 6.54 Å². The fourth-order valence-corrected chi connectivity index (χ4v) is 5.95. The summed E-state index contributed by atoms with van der Waals surface area (Å²) in [4.78, 5) is 92.9. The first-order valence-corrected chi connectivity index (χ1v) is 17.4. The highest BCUT2D eigenvalue weighted by molar-refractivity contribution is 6.32. The van der Waals surface area contributed by atoms with Crippen LogP contribution in [0.25, 0.3) is 0 Å². The van der Waals surface area contributed by atoms with Gasteiger partial charge in [-0.1, -0.05) is 44.2 Å². The smallest absolute Gasteiger partial charge is 0.352 e. The SMILES string of the molecule is C=C(C)[C@@H]1NC(=O)[C@@H](NC)[C@@H](O)c2cc(Cl)c(O)c(c2)O[C@](C)(CC)C(C(=O)N2CC=C[C@H]2C(=O)N/C(C(=O)N/C(=C/C(=O)O)C(=O)O)=C(\C)CC)NC1=O. The van der Waals surface area contributed by atoms with Crippen LogP contribution in [0.5, 0.6) is 11.5 Å². The lowest BCUT2D eigenvalue weighted by Gasteiger charge is -2.40. The van der Waals surface area contributed by atoms with Crippen molar-refractivity contribution in [2.24, 2.45) is 0 Å². The predicted molar refractivity (Wildman–Crippen MR) is 196 cm³/mol. The van der Waals surface area contributed by atoms with Gasteiger partial charge in [0.05, 0.1) is 11.1 Å². The summed E-state index contributed by atoms with van der Waals surface area (Å²) < 4.78 is 6.29. The number of hydrogen-bond donors (Lipinski definition) is 9. The summed E-state index contributed by atoms with van der Waals surface area (Å²) in [6.07, 6.45) is 1.71. The molecule has 1 aromatic carbocycles. The number of fused-ring (bicyclic) bond motifs is 2. The number of aliphatic hydroxyl groups is 1. The van der Waals surface area contributed by atoms with Crippen LogP contribution in [0.4, 0.5) is 0 Å². The molecule has 3 rings (SSSR count). The lowest BCUT2D eigenvalue weighted by Crippen LogP contribution is -2.65. The largest absolute Gasteiger partial charge is 0.503 e. The van der Waals surface area contributed by atoms with Crippen molar-refractivity contribution in [1.29, 1.82) is 0 Å². The Morgan fingerprint density at radius 3 is 2.29 bits per heavy atom. The quantitative estimate of drug-likeness (QED) is 0.109. The molecule has 6 atom stereocenters. The standard InChI is InChI=1S/C36H45ClN6O12/c1-8-17(5)25(32(50)39-20(35(53)54)15-23(44)45)41-30(48)21-11-10-12-43(21)34(52)29-36(6,9-2)55-22-14-18(13-19(37)28(22)47)27(46)26(38-7)33(51)40-24(16(3)4)31(49)42-29/h10-11,13-15,21,24,26-27,29,38,46-47H,3,8-9,12H2,1-2,4-7H3,(H,39,50)(H,40,51)(H,41,48)(H,42,49)(H,44,45)(H,53,54)/b20-15+,25-17+/t21-,24-,26-,27-,29?,36+/m0/s1. The van der Waals surface area contributed by atoms with Gasteiger partial charge in [0.15, 0.2) is 11.5 Å². The molecule has 0 saturated heterocycles. The van der Waals surface area contributed by atoms with Crippen molar-refractivity contribution < 1.29 is 58.7 Å². The zero-order valence-corrected chi connectivity index (χ0v) is 31.7. The number of aromatic hydroxyl groups is 1. The van der Waals surface area contributed by atoms with E-state index in [1.807, 2.05) is 5.32 Å². The first-order chi connectivity index (χ1) is 25.7. The Labute approximate surface area is 321 Å². The zero-order chi connectivity index (χ0) is 41.5. The van der Waals surface area contributed by atoms with Gasteiger partial charge < -0.3 is 56.6 Å². The number of nitrogens with zero attached hydrogens (tertiary/aromatic N) is 1. The number of nitrogens with one attached hydrogen (secondary N) is 5. The van der Waals surface area contributed by atoms with Gasteiger partial charge in [-0.05, 0) is 69.5 Å². The van der Waals surface area contributed by atoms with Crippen LogP contribution in [0.1, 0.15) is 59.1 Å². The van der Waals surface area contributed by atoms with Gasteiger partial charge in [-0.15, -0.1) is 0 Å². The van der Waals surface area contributed by atoms with Crippen molar-refractivity contribution in [3.05, 3.63) is 70.1 Å². The molecule has 2 heterocycles. The number of phenols is 1. The summed E-state index contributed by atoms with van der Waals surface area (Å²) in [7, 11) is 1.40. The fourth-order valence-electron chi connectivity index (χ4n) is 5.73. The van der Waals surface area contributed by atoms with Crippen LogP contribution in [0.15, 0.2) is 59.5 Å². The highest BCUT2D eigenvalue weighted by atomic mass is 35.5. The molecule has 1 aromatic rings. The van der Waals surface area contributed by atoms with Crippen LogP contribution >= 0.6 is 11.6 Å². The van der Waals surface area contributed by atoms with Crippen molar-refractivity contribution in [2.45, 2.75) is 83.3 Å². The summed E-state index contributed by atoms with van der Waals surface area (Å²) >= 11 is 6.33. The van der Waals surface area contributed by atoms with Gasteiger partial charge in [0.25, 0.3) is 17.7 Å². The maximum absolute atomic E-state index is 14.7. The number of rotatable bonds is 11. The van der Waals surface area contributed by atoms with E-state index >= 15 is 0 Å². The maximum Gasteiger partial charge on any atom is 0.352 e. The molecule has 298 valence electrons. The van der Waals surface area contributed by atoms with E-state index in [-0.39, 0.29) is 52.9 Å². The predicted octanol–water partition coefficient (Wildman–Crippen LogP) is 0.510. The van der Waals surface area contributed by atoms with Crippen molar-refractivity contribution in [3.63, 3.8) is 0 Å². The number of hydrogen-bond acceptors (Lipinski definition) is 11. The van der Waals surface area contributed by atoms with E-state index in [2.05, 4.69) is 27.8 Å². The van der Waals surface area contributed by atoms with Crippen molar-refractivity contribution >= 4 is 53.1 Å². The highest BCUT2D eigenvalue weighted by Crippen LogP contribution is 2.41. The molecule has 0 radical (unpaired) electrons. The molecule has 18 nitrogen and oxygen atoms in total. The Morgan fingerprint density at radius 2 is 1.75 bits per heavy atom. The molecule has 0 aromatic heterocycles. The third-order valence-corrected chi connectivity index (χ3v) is 9.51. The normalized spacial score (nSPS) is 24.8. The summed E-state index contributed by atoms with van der Waals surface area (Å²) in [6, 6.07) is -3.37. The Hall–Kier alpha value is -5.72. The first-order valence-electron chi connectivity index (χ1n) is 17.0. The van der Waals surface area contributed by atoms with E-state index < -0.39 is 94.5 Å². The van der Waals surface area contributed by atoms with Crippen LogP contribution in [-0.2, 0) is 33.6 Å². The minimum atomic E-state index is -1.75. The molecule has 5 amide bonds. The van der Waals surface area contributed by atoms with E-state index in [1.165, 1.54) is 52.1 Å². The second-order valence-corrected chi connectivity index (χ2v) is 13.5. The molecular formula is C36H45ClN6O12. The average molecular weight is 789 g/mol. The van der Waals surface area contributed by atoms with E-state index in [0.717, 1.165) is 4.90 Å². The number of benzene rings is 1. The topological polar surface area (TPSA) is 273 Å². The minimum Gasteiger partial charge on any atom is -0.503 e. The summed E-state index contributed by atoms with van der Waals surface area (Å²) in [5, 5.41) is 52.6. The van der Waals surface area contributed by atoms with Crippen molar-refractivity contribution in [1.82, 2.24) is 31.5 Å². The number of phenolic OH excluding ortho intramolecular Hbond substituents is 1. The van der Waals surface area contributed by atoms with Gasteiger partial charge >= 0.3 is 11.9 Å². The number of carboxylic acid groups (broad SMARTS) is 2. The molecule has 0 spiro atoms. The number of allylic oxidation sites excluding steroid dienone is 1. The second-order valence-electron chi connectivity index (χ2n) is 13.1. The summed E-state index contributed by atoms with van der Waals surface area (Å²) in [6.45, 7) is 11.3. The van der Waals surface area contributed by atoms with E-state index in [0.29, 0.717) is 0 Å². The number of aliphatic carboxylic acids is 2. The number of carboxylic acids is 2. The van der Waals surface area contributed by atoms with Crippen LogP contribution < -0.4 is 31.3 Å². The lowest BCUT2D eigenvalue weighted by molar-refractivity contribution is -0.146. The molecule has 0 aliphatic carbocycles. The monoisotopic (exact) mass is 788 g/mol. The molecule has 55 heavy (non-hydrogen) atoms. The van der Waals surface area contributed by atoms with Crippen molar-refractivity contribution in [3.8, 4) is 11.5 Å². The molecule has 2 aliphatic rings. The number of aliphatic hydroxyl groups excluding tert-OH is 1. The molecule has 19 heteroatoms. The summed E-state index contributed by atoms with van der Waals surface area (Å²) in [5.41, 5.74) is -2.62. The highest BCUT2D eigenvalue weighted by Gasteiger charge is 2.47. The summed E-state index contributed by atoms with van der Waals surface area (Å²) in [5.74, 6) is -8.94. The maximum atomic E-state index is 14.7. The lowest BCUT2D eigenvalue weighted by atomic mass is 9.90. The van der Waals surface area contributed by atoms with E-state index in [4.69, 9.17) is 21.4 Å². The van der Waals surface area contributed by atoms with E-state index in [9.17, 15) is 48.9 Å². The van der Waals surface area contributed by atoms with Crippen LogP contribution in [-0.4, -0.2) is 110 Å². The van der Waals surface area contributed by atoms with Gasteiger partial charge in [0.1, 0.15) is 47.3 Å². The second kappa shape index (κ2) is 18.1. The Morgan fingerprint density at radius 1 is 1.09 bits per heavy atom. The Kier molecular flexibility index (Phi) is 14.4. The molecule has 2 aliphatic heterocycles. The number of halogens is 1. The van der Waals surface area contributed by atoms with Gasteiger partial charge in [0.2, 0.25) is 11.8 Å². The molecular weight excluding hydrogens is 744 g/mol. The van der Waals surface area contributed by atoms with Gasteiger partial charge in [-0.2, -0.15) is 0 Å². The zero-order valence-electron chi connectivity index (χ0n) is 31.0. The van der Waals surface area contributed by atoms with Crippen LogP contribution in [0.2, 0.25) is 5.02 Å². The molecule has 2 bridgehead atoms. The third-order valence-electron chi connectivity index (χ3n) is 9.22. The number of amides is 5. The van der Waals surface area contributed by atoms with Gasteiger partial charge in [-0.3, -0.25) is 24.0 Å². The number of likely N-dealkylation sites (N-methyl/N-ethyl adjacent to an activating group) is 1. The molecule has 1 unspecified atom stereocenters. The molecule has 0 saturated carbocycles. The minimum absolute atomic E-state index is 0.0204. The molecule has 0 fully saturated rings. The van der Waals surface area contributed by atoms with Crippen molar-refractivity contribution in [2.75, 3.05) is 13.6 Å². The van der Waals surface area contributed by atoms with Crippen LogP contribution in [0.3, 0.4) is 0 Å². The fraction of sp³-hybridized carbons (Fsp3) is 0.417. The first kappa shape index (κ1) is 43.7. The number of carbonyl (C=O) groups excluding carboxylic acids is 5. The number of carbonyl (C=O) groups is 7. The van der Waals surface area contributed by atoms with Crippen LogP contribution in [0, 0.1) is 0 Å². The average Bonchev–Trinajstić information content (AvgIpc) is 3.62. The third kappa shape index (κ3) is 9.88. The number of ether oxygens (including phenoxy) is 1. The Balaban J connectivity index is 2.11.